The van der Waals surface area contributed by atoms with Crippen LogP contribution in [-0.4, -0.2) is 37.7 Å². The van der Waals surface area contributed by atoms with Gasteiger partial charge in [0.1, 0.15) is 0 Å². The lowest BCUT2D eigenvalue weighted by molar-refractivity contribution is -0.126. The topological polar surface area (TPSA) is 75.6 Å². The van der Waals surface area contributed by atoms with Crippen molar-refractivity contribution in [1.82, 2.24) is 5.32 Å². The van der Waals surface area contributed by atoms with Crippen molar-refractivity contribution in [3.8, 4) is 0 Å². The van der Waals surface area contributed by atoms with Crippen molar-refractivity contribution < 1.29 is 19.4 Å². The molecule has 2 amide bonds. The van der Waals surface area contributed by atoms with Gasteiger partial charge in [-0.05, 0) is 36.5 Å². The third kappa shape index (κ3) is 38.6. The molecule has 0 aromatic rings. The molecule has 5 heteroatoms. The largest absolute Gasteiger partial charge is 0.396 e. The Bertz CT molecular complexity index is 279. The van der Waals surface area contributed by atoms with Crippen LogP contribution in [-0.2, 0) is 14.3 Å². The fraction of sp³-hybridized carbons (Fsp3) is 0.905. The van der Waals surface area contributed by atoms with Gasteiger partial charge in [0.05, 0.1) is 0 Å². The van der Waals surface area contributed by atoms with Crippen LogP contribution in [0.5, 0.6) is 0 Å². The highest BCUT2D eigenvalue weighted by Crippen LogP contribution is 2.12. The molecule has 26 heavy (non-hydrogen) atoms. The lowest BCUT2D eigenvalue weighted by atomic mass is 9.94. The summed E-state index contributed by atoms with van der Waals surface area (Å²) >= 11 is 0. The number of nitrogens with one attached hydrogen (secondary N) is 1. The summed E-state index contributed by atoms with van der Waals surface area (Å²) in [6, 6.07) is 0. The van der Waals surface area contributed by atoms with Gasteiger partial charge in [-0.3, -0.25) is 14.9 Å². The number of rotatable bonds is 9. The van der Waals surface area contributed by atoms with E-state index in [1.807, 2.05) is 20.8 Å². The van der Waals surface area contributed by atoms with Gasteiger partial charge in [0.15, 0.2) is 0 Å². The summed E-state index contributed by atoms with van der Waals surface area (Å²) in [6.07, 6.45) is 2.96. The van der Waals surface area contributed by atoms with Crippen molar-refractivity contribution in [1.29, 1.82) is 0 Å². The zero-order valence-corrected chi connectivity index (χ0v) is 19.1. The number of ether oxygens (including phenoxy) is 1. The van der Waals surface area contributed by atoms with E-state index in [1.165, 1.54) is 6.42 Å². The van der Waals surface area contributed by atoms with Crippen molar-refractivity contribution in [2.24, 2.45) is 23.7 Å². The number of carbonyl (C=O) groups excluding carboxylic acids is 2. The lowest BCUT2D eigenvalue weighted by Gasteiger charge is -2.12. The van der Waals surface area contributed by atoms with E-state index < -0.39 is 0 Å². The molecule has 0 radical (unpaired) electrons. The molecule has 0 spiro atoms. The second-order valence-corrected chi connectivity index (χ2v) is 7.19. The normalized spacial score (nSPS) is 10.7. The monoisotopic (exact) mass is 377 g/mol. The van der Waals surface area contributed by atoms with Crippen molar-refractivity contribution in [3.63, 3.8) is 0 Å². The summed E-state index contributed by atoms with van der Waals surface area (Å²) < 4.78 is 4.85. The zero-order valence-electron chi connectivity index (χ0n) is 19.1. The Morgan fingerprint density at radius 2 is 1.46 bits per heavy atom. The van der Waals surface area contributed by atoms with E-state index in [0.29, 0.717) is 37.2 Å². The molecule has 0 heterocycles. The molecule has 5 nitrogen and oxygen atoms in total. The molecule has 160 valence electrons. The molecule has 1 atom stereocenters. The molecule has 0 aromatic heterocycles. The molecule has 0 saturated carbocycles. The Kier molecular flexibility index (Phi) is 33.1. The third-order valence-electron chi connectivity index (χ3n) is 3.47. The molecular formula is C21H47NO4. The number of methoxy groups -OCH3 is 1. The van der Waals surface area contributed by atoms with E-state index in [9.17, 15) is 9.59 Å². The van der Waals surface area contributed by atoms with Gasteiger partial charge in [-0.2, -0.15) is 0 Å². The van der Waals surface area contributed by atoms with E-state index in [4.69, 9.17) is 9.84 Å². The second kappa shape index (κ2) is 26.3. The fourth-order valence-electron chi connectivity index (χ4n) is 1.26. The average Bonchev–Trinajstić information content (AvgIpc) is 2.55. The Morgan fingerprint density at radius 1 is 1.00 bits per heavy atom. The smallest absolute Gasteiger partial charge is 0.226 e. The standard InChI is InChI=1S/C8H15NO2.C6H14O.C5H12O.C2H6/c1-6(2)7(3)4-8(11)9-5-10;1-6(2)4-5-7-3;1-5(2)3-4-6;1-2/h5-7H,4H2,1-3H3,(H,9,10,11);6H,4-5H2,1-3H3;5-6H,3-4H2,1-2H3;1-2H3. The number of aliphatic hydroxyl groups excluding tert-OH is 1. The SMILES string of the molecule is CC.CC(C)C(C)CC(=O)NC=O.CC(C)CCO.COCCC(C)C. The van der Waals surface area contributed by atoms with Crippen LogP contribution in [0.15, 0.2) is 0 Å². The van der Waals surface area contributed by atoms with Crippen molar-refractivity contribution >= 4 is 12.3 Å². The molecule has 0 aromatic carbocycles. The third-order valence-corrected chi connectivity index (χ3v) is 3.47. The highest BCUT2D eigenvalue weighted by atomic mass is 16.5. The molecule has 1 unspecified atom stereocenters. The predicted molar refractivity (Wildman–Crippen MR) is 112 cm³/mol. The van der Waals surface area contributed by atoms with Gasteiger partial charge in [0, 0.05) is 26.7 Å². The van der Waals surface area contributed by atoms with E-state index in [1.54, 1.807) is 7.11 Å². The minimum absolute atomic E-state index is 0.193. The van der Waals surface area contributed by atoms with E-state index in [-0.39, 0.29) is 5.91 Å². The highest BCUT2D eigenvalue weighted by molar-refractivity contribution is 5.85. The summed E-state index contributed by atoms with van der Waals surface area (Å²) in [6.45, 7) is 19.9. The number of imide groups is 1. The molecule has 0 fully saturated rings. The maximum Gasteiger partial charge on any atom is 0.226 e. The first kappa shape index (κ1) is 32.7. The van der Waals surface area contributed by atoms with Gasteiger partial charge >= 0.3 is 0 Å². The van der Waals surface area contributed by atoms with Gasteiger partial charge in [-0.25, -0.2) is 0 Å². The maximum atomic E-state index is 10.8. The average molecular weight is 378 g/mol. The number of hydrogen-bond donors (Lipinski definition) is 2. The van der Waals surface area contributed by atoms with Crippen molar-refractivity contribution in [3.05, 3.63) is 0 Å². The van der Waals surface area contributed by atoms with Gasteiger partial charge < -0.3 is 9.84 Å². The van der Waals surface area contributed by atoms with Crippen molar-refractivity contribution in [2.45, 2.75) is 81.6 Å². The molecule has 0 aliphatic rings. The summed E-state index contributed by atoms with van der Waals surface area (Å²) in [5.74, 6) is 2.04. The van der Waals surface area contributed by atoms with Crippen LogP contribution in [0, 0.1) is 23.7 Å². The Balaban J connectivity index is -0.000000140. The number of aliphatic hydroxyl groups is 1. The van der Waals surface area contributed by atoms with Crippen LogP contribution in [0.25, 0.3) is 0 Å². The highest BCUT2D eigenvalue weighted by Gasteiger charge is 2.11. The van der Waals surface area contributed by atoms with Gasteiger partial charge in [-0.1, -0.05) is 62.3 Å². The zero-order chi connectivity index (χ0) is 21.5. The fourth-order valence-corrected chi connectivity index (χ4v) is 1.26. The molecule has 0 aliphatic heterocycles. The first-order valence-corrected chi connectivity index (χ1v) is 9.94. The number of amides is 2. The van der Waals surface area contributed by atoms with E-state index >= 15 is 0 Å². The van der Waals surface area contributed by atoms with Gasteiger partial charge in [0.2, 0.25) is 12.3 Å². The quantitative estimate of drug-likeness (QED) is 0.572. The van der Waals surface area contributed by atoms with E-state index in [2.05, 4.69) is 46.9 Å². The van der Waals surface area contributed by atoms with Crippen LogP contribution in [0.1, 0.15) is 81.6 Å². The molecular weight excluding hydrogens is 330 g/mol. The number of hydrogen-bond acceptors (Lipinski definition) is 4. The second-order valence-electron chi connectivity index (χ2n) is 7.19. The van der Waals surface area contributed by atoms with Crippen LogP contribution in [0.4, 0.5) is 0 Å². The summed E-state index contributed by atoms with van der Waals surface area (Å²) in [7, 11) is 1.74. The molecule has 2 N–H and O–H groups in total. The first-order chi connectivity index (χ1) is 12.1. The minimum Gasteiger partial charge on any atom is -0.396 e. The summed E-state index contributed by atoms with van der Waals surface area (Å²) in [5, 5.41) is 10.3. The minimum atomic E-state index is -0.193. The van der Waals surface area contributed by atoms with Crippen LogP contribution in [0.2, 0.25) is 0 Å². The number of carbonyl (C=O) groups is 2. The summed E-state index contributed by atoms with van der Waals surface area (Å²) in [5.41, 5.74) is 0. The predicted octanol–water partition coefficient (Wildman–Crippen LogP) is 4.67. The maximum absolute atomic E-state index is 10.8. The van der Waals surface area contributed by atoms with Crippen LogP contribution in [0.3, 0.4) is 0 Å². The Labute approximate surface area is 163 Å². The molecule has 0 bridgehead atoms. The van der Waals surface area contributed by atoms with Crippen molar-refractivity contribution in [2.75, 3.05) is 20.3 Å². The molecule has 0 rings (SSSR count). The lowest BCUT2D eigenvalue weighted by Crippen LogP contribution is -2.24. The summed E-state index contributed by atoms with van der Waals surface area (Å²) in [4.78, 5) is 20.7. The molecule has 0 aliphatic carbocycles. The molecule has 0 saturated heterocycles. The van der Waals surface area contributed by atoms with E-state index in [0.717, 1.165) is 18.9 Å². The van der Waals surface area contributed by atoms with Crippen LogP contribution >= 0.6 is 0 Å². The van der Waals surface area contributed by atoms with Gasteiger partial charge in [0.25, 0.3) is 0 Å². The van der Waals surface area contributed by atoms with Crippen LogP contribution < -0.4 is 5.32 Å². The Morgan fingerprint density at radius 3 is 1.65 bits per heavy atom. The van der Waals surface area contributed by atoms with Gasteiger partial charge in [-0.15, -0.1) is 0 Å². The first-order valence-electron chi connectivity index (χ1n) is 9.94. The Hall–Kier alpha value is -0.940.